The highest BCUT2D eigenvalue weighted by Gasteiger charge is 2.71. The van der Waals surface area contributed by atoms with Crippen LogP contribution in [0.3, 0.4) is 0 Å². The first kappa shape index (κ1) is 15.5. The molecule has 0 radical (unpaired) electrons. The number of nitrogens with zero attached hydrogens (tertiary/aromatic N) is 1. The molecule has 3 atom stereocenters. The molecule has 3 unspecified atom stereocenters. The lowest BCUT2D eigenvalue weighted by atomic mass is 9.47. The van der Waals surface area contributed by atoms with Gasteiger partial charge in [0.15, 0.2) is 0 Å². The molecule has 2 fully saturated rings. The van der Waals surface area contributed by atoms with Gasteiger partial charge in [-0.05, 0) is 39.4 Å². The third-order valence-electron chi connectivity index (χ3n) is 5.20. The second-order valence-electron chi connectivity index (χ2n) is 6.70. The van der Waals surface area contributed by atoms with E-state index in [2.05, 4.69) is 21.3 Å². The number of ether oxygens (including phenoxy) is 1. The van der Waals surface area contributed by atoms with Crippen LogP contribution < -0.4 is 5.73 Å². The molecule has 0 bridgehead atoms. The van der Waals surface area contributed by atoms with Crippen molar-refractivity contribution in [2.24, 2.45) is 17.1 Å². The quantitative estimate of drug-likeness (QED) is 0.886. The predicted octanol–water partition coefficient (Wildman–Crippen LogP) is 2.61. The molecule has 0 aromatic carbocycles. The fraction of sp³-hybridized carbons (Fsp3) is 0.667. The van der Waals surface area contributed by atoms with Crippen molar-refractivity contribution in [3.63, 3.8) is 0 Å². The smallest absolute Gasteiger partial charge is 0.243 e. The minimum absolute atomic E-state index is 0.0292. The van der Waals surface area contributed by atoms with Crippen molar-refractivity contribution in [2.45, 2.75) is 38.5 Å². The monoisotopic (exact) mass is 372 g/mol. The van der Waals surface area contributed by atoms with Crippen LogP contribution in [-0.4, -0.2) is 36.1 Å². The van der Waals surface area contributed by atoms with E-state index in [1.165, 1.54) is 0 Å². The Labute approximate surface area is 137 Å². The average molecular weight is 373 g/mol. The third-order valence-corrected chi connectivity index (χ3v) is 6.75. The van der Waals surface area contributed by atoms with Crippen LogP contribution in [0, 0.1) is 11.3 Å². The fourth-order valence-electron chi connectivity index (χ4n) is 3.91. The lowest BCUT2D eigenvalue weighted by Gasteiger charge is -2.61. The summed E-state index contributed by atoms with van der Waals surface area (Å²) in [6.45, 7) is 5.40. The van der Waals surface area contributed by atoms with Crippen molar-refractivity contribution < 1.29 is 9.53 Å². The van der Waals surface area contributed by atoms with Crippen LogP contribution >= 0.6 is 27.3 Å². The van der Waals surface area contributed by atoms with Gasteiger partial charge in [-0.25, -0.2) is 0 Å². The number of hydrogen-bond acceptors (Lipinski definition) is 4. The number of likely N-dealkylation sites (N-methyl/N-ethyl adjacent to an activating group) is 1. The summed E-state index contributed by atoms with van der Waals surface area (Å²) in [5.41, 5.74) is 6.60. The maximum atomic E-state index is 13.0. The van der Waals surface area contributed by atoms with E-state index in [1.807, 2.05) is 27.0 Å². The van der Waals surface area contributed by atoms with Gasteiger partial charge in [-0.3, -0.25) is 4.79 Å². The van der Waals surface area contributed by atoms with Gasteiger partial charge in [-0.15, -0.1) is 11.3 Å². The predicted molar refractivity (Wildman–Crippen MR) is 87.0 cm³/mol. The molecule has 116 valence electrons. The normalized spacial score (nSPS) is 33.4. The van der Waals surface area contributed by atoms with E-state index in [0.717, 1.165) is 15.8 Å². The van der Waals surface area contributed by atoms with Crippen LogP contribution in [0.5, 0.6) is 0 Å². The highest BCUT2D eigenvalue weighted by Crippen LogP contribution is 2.58. The molecule has 2 aliphatic rings. The van der Waals surface area contributed by atoms with Crippen LogP contribution in [0.4, 0.5) is 0 Å². The van der Waals surface area contributed by atoms with Crippen molar-refractivity contribution in [1.82, 2.24) is 4.90 Å². The van der Waals surface area contributed by atoms with Crippen molar-refractivity contribution >= 4 is 33.2 Å². The summed E-state index contributed by atoms with van der Waals surface area (Å²) >= 11 is 5.08. The molecule has 4 nitrogen and oxygen atoms in total. The molecular weight excluding hydrogens is 352 g/mol. The third kappa shape index (κ3) is 2.11. The zero-order valence-electron chi connectivity index (χ0n) is 12.6. The molecule has 1 aromatic heterocycles. The number of thiophene rings is 1. The minimum atomic E-state index is -0.809. The first-order valence-corrected chi connectivity index (χ1v) is 8.84. The average Bonchev–Trinajstić information content (AvgIpc) is 3.05. The van der Waals surface area contributed by atoms with Crippen molar-refractivity contribution in [1.29, 1.82) is 0 Å². The lowest BCUT2D eigenvalue weighted by molar-refractivity contribution is -0.183. The van der Waals surface area contributed by atoms with Crippen LogP contribution in [0.1, 0.15) is 25.8 Å². The molecular formula is C15H21BrN2O2S. The molecule has 1 aliphatic carbocycles. The Hall–Kier alpha value is -0.430. The molecule has 1 amide bonds. The van der Waals surface area contributed by atoms with Gasteiger partial charge in [0.1, 0.15) is 5.54 Å². The number of carbonyl (C=O) groups is 1. The first-order chi connectivity index (χ1) is 9.78. The summed E-state index contributed by atoms with van der Waals surface area (Å²) in [7, 11) is 1.84. The maximum Gasteiger partial charge on any atom is 0.243 e. The van der Waals surface area contributed by atoms with Gasteiger partial charge in [0.25, 0.3) is 0 Å². The summed E-state index contributed by atoms with van der Waals surface area (Å²) in [6.07, 6.45) is 1.00. The standard InChI is InChI=1S/C15H21BrN2O2S/c1-14(2)12-10(4-5-20-12)15(14,17)13(19)18(3)7-9-6-11(16)21-8-9/h6,8,10,12H,4-5,7,17H2,1-3H3. The summed E-state index contributed by atoms with van der Waals surface area (Å²) in [4.78, 5) is 14.7. The Bertz CT molecular complexity index is 574. The molecule has 1 aromatic rings. The molecule has 21 heavy (non-hydrogen) atoms. The Morgan fingerprint density at radius 2 is 2.33 bits per heavy atom. The SMILES string of the molecule is CN(Cc1csc(Br)c1)C(=O)C1(N)C2CCOC2C1(C)C. The number of hydrogen-bond donors (Lipinski definition) is 1. The van der Waals surface area contributed by atoms with Gasteiger partial charge in [-0.1, -0.05) is 13.8 Å². The van der Waals surface area contributed by atoms with E-state index in [-0.39, 0.29) is 23.3 Å². The fourth-order valence-corrected chi connectivity index (χ4v) is 5.11. The number of rotatable bonds is 3. The van der Waals surface area contributed by atoms with E-state index >= 15 is 0 Å². The largest absolute Gasteiger partial charge is 0.377 e. The zero-order chi connectivity index (χ0) is 15.4. The Morgan fingerprint density at radius 1 is 1.62 bits per heavy atom. The van der Waals surface area contributed by atoms with Crippen molar-refractivity contribution in [2.75, 3.05) is 13.7 Å². The highest BCUT2D eigenvalue weighted by molar-refractivity contribution is 9.11. The summed E-state index contributed by atoms with van der Waals surface area (Å²) in [5.74, 6) is 0.179. The molecule has 1 aliphatic heterocycles. The molecule has 3 rings (SSSR count). The number of halogens is 1. The van der Waals surface area contributed by atoms with Crippen LogP contribution in [0.25, 0.3) is 0 Å². The summed E-state index contributed by atoms with van der Waals surface area (Å²) in [6, 6.07) is 2.05. The van der Waals surface area contributed by atoms with E-state index in [0.29, 0.717) is 13.2 Å². The summed E-state index contributed by atoms with van der Waals surface area (Å²) in [5, 5.41) is 2.06. The van der Waals surface area contributed by atoms with E-state index in [9.17, 15) is 4.79 Å². The Kier molecular flexibility index (Phi) is 3.72. The van der Waals surface area contributed by atoms with Crippen molar-refractivity contribution in [3.8, 4) is 0 Å². The number of nitrogens with two attached hydrogens (primary N) is 1. The Balaban J connectivity index is 1.77. The van der Waals surface area contributed by atoms with Gasteiger partial charge < -0.3 is 15.4 Å². The maximum absolute atomic E-state index is 13.0. The molecule has 0 spiro atoms. The van der Waals surface area contributed by atoms with Gasteiger partial charge in [0.05, 0.1) is 9.89 Å². The number of fused-ring (bicyclic) bond motifs is 1. The topological polar surface area (TPSA) is 55.6 Å². The van der Waals surface area contributed by atoms with Crippen LogP contribution in [0.2, 0.25) is 0 Å². The molecule has 2 N–H and O–H groups in total. The lowest BCUT2D eigenvalue weighted by Crippen LogP contribution is -2.80. The number of amides is 1. The summed E-state index contributed by atoms with van der Waals surface area (Å²) < 4.78 is 6.84. The van der Waals surface area contributed by atoms with Gasteiger partial charge in [0, 0.05) is 31.5 Å². The van der Waals surface area contributed by atoms with Crippen molar-refractivity contribution in [3.05, 3.63) is 20.8 Å². The molecule has 6 heteroatoms. The number of carbonyl (C=O) groups excluding carboxylic acids is 1. The molecule has 1 saturated heterocycles. The van der Waals surface area contributed by atoms with Gasteiger partial charge in [-0.2, -0.15) is 0 Å². The van der Waals surface area contributed by atoms with Gasteiger partial charge in [0.2, 0.25) is 5.91 Å². The van der Waals surface area contributed by atoms with Crippen LogP contribution in [0.15, 0.2) is 15.2 Å². The second-order valence-corrected chi connectivity index (χ2v) is 8.99. The highest BCUT2D eigenvalue weighted by atomic mass is 79.9. The zero-order valence-corrected chi connectivity index (χ0v) is 15.0. The van der Waals surface area contributed by atoms with Gasteiger partial charge >= 0.3 is 0 Å². The van der Waals surface area contributed by atoms with Crippen LogP contribution in [-0.2, 0) is 16.1 Å². The van der Waals surface area contributed by atoms with E-state index in [4.69, 9.17) is 10.5 Å². The van der Waals surface area contributed by atoms with E-state index in [1.54, 1.807) is 16.2 Å². The molecule has 2 heterocycles. The Morgan fingerprint density at radius 3 is 2.95 bits per heavy atom. The molecule has 1 saturated carbocycles. The second kappa shape index (κ2) is 5.05. The minimum Gasteiger partial charge on any atom is -0.377 e. The van der Waals surface area contributed by atoms with E-state index < -0.39 is 5.54 Å². The first-order valence-electron chi connectivity index (χ1n) is 7.17.